The van der Waals surface area contributed by atoms with Crippen LogP contribution in [0.15, 0.2) is 148 Å². The number of allylic oxidation sites excluding steroid dienone is 6. The van der Waals surface area contributed by atoms with Crippen molar-refractivity contribution in [1.29, 1.82) is 0 Å². The second-order valence-corrected chi connectivity index (χ2v) is 15.3. The number of benzene rings is 3. The average Bonchev–Trinajstić information content (AvgIpc) is 3.07. The Morgan fingerprint density at radius 3 is 1.75 bits per heavy atom. The van der Waals surface area contributed by atoms with Gasteiger partial charge in [-0.2, -0.15) is 0 Å². The fraction of sp³-hybridized carbons (Fsp3) is 0.176. The zero-order valence-corrected chi connectivity index (χ0v) is 27.2. The summed E-state index contributed by atoms with van der Waals surface area (Å²) in [6.45, 7) is 1.89. The number of nitrogens with zero attached hydrogens (tertiary/aromatic N) is 2. The quantitative estimate of drug-likeness (QED) is 0.137. The van der Waals surface area contributed by atoms with Gasteiger partial charge in [-0.1, -0.05) is 0 Å². The summed E-state index contributed by atoms with van der Waals surface area (Å²) in [5, 5.41) is 0. The molecule has 10 heteroatoms. The summed E-state index contributed by atoms with van der Waals surface area (Å²) in [5.74, 6) is 2.35. The molecule has 1 unspecified atom stereocenters. The van der Waals surface area contributed by atoms with Crippen LogP contribution in [-0.4, -0.2) is 5.78 Å². The second kappa shape index (κ2) is 15.6. The first kappa shape index (κ1) is 31.4. The third-order valence-corrected chi connectivity index (χ3v) is 12.9. The van der Waals surface area contributed by atoms with Gasteiger partial charge in [-0.3, -0.25) is 0 Å². The van der Waals surface area contributed by atoms with Crippen LogP contribution in [0, 0.1) is 12.1 Å². The molecule has 44 heavy (non-hydrogen) atoms. The van der Waals surface area contributed by atoms with Gasteiger partial charge in [0.1, 0.15) is 0 Å². The molecule has 0 saturated carbocycles. The number of rotatable bonds is 13. The van der Waals surface area contributed by atoms with E-state index >= 15 is 0 Å². The van der Waals surface area contributed by atoms with E-state index in [1.54, 1.807) is 0 Å². The molecule has 2 aliphatic carbocycles. The molecule has 0 spiro atoms. The fourth-order valence-electron chi connectivity index (χ4n) is 4.23. The van der Waals surface area contributed by atoms with Crippen LogP contribution in [0.25, 0.3) is 0 Å². The van der Waals surface area contributed by atoms with Crippen molar-refractivity contribution in [2.24, 2.45) is 9.26 Å². The van der Waals surface area contributed by atoms with Gasteiger partial charge in [0.05, 0.1) is 0 Å². The Morgan fingerprint density at radius 1 is 0.727 bits per heavy atom. The van der Waals surface area contributed by atoms with Gasteiger partial charge in [0.15, 0.2) is 0 Å². The third-order valence-electron chi connectivity index (χ3n) is 6.42. The summed E-state index contributed by atoms with van der Waals surface area (Å²) in [4.78, 5) is 0. The van der Waals surface area contributed by atoms with Gasteiger partial charge >= 0.3 is 263 Å². The van der Waals surface area contributed by atoms with Gasteiger partial charge < -0.3 is 0 Å². The van der Waals surface area contributed by atoms with Crippen molar-refractivity contribution in [2.45, 2.75) is 38.4 Å². The van der Waals surface area contributed by atoms with Crippen LogP contribution in [0.4, 0.5) is 0 Å². The number of hydrogen-bond acceptors (Lipinski definition) is 7. The molecule has 0 saturated heterocycles. The summed E-state index contributed by atoms with van der Waals surface area (Å²) >= 11 is 0. The predicted molar refractivity (Wildman–Crippen MR) is 182 cm³/mol. The molecular weight excluding hydrogens is 609 g/mol. The van der Waals surface area contributed by atoms with Gasteiger partial charge in [0, 0.05) is 0 Å². The predicted octanol–water partition coefficient (Wildman–Crippen LogP) is 11.2. The topological polar surface area (TPSA) is 70.9 Å². The Balaban J connectivity index is 1.67. The maximum absolute atomic E-state index is 6.78. The van der Waals surface area contributed by atoms with Crippen molar-refractivity contribution in [3.8, 4) is 29.3 Å². The van der Waals surface area contributed by atoms with E-state index in [0.717, 1.165) is 31.4 Å². The minimum atomic E-state index is -3.97. The van der Waals surface area contributed by atoms with Gasteiger partial charge in [0.2, 0.25) is 0 Å². The summed E-state index contributed by atoms with van der Waals surface area (Å²) < 4.78 is 42.8. The molecule has 7 nitrogen and oxygen atoms in total. The molecule has 0 bridgehead atoms. The van der Waals surface area contributed by atoms with Crippen LogP contribution in [-0.2, 0) is 9.05 Å². The normalized spacial score (nSPS) is 15.7. The van der Waals surface area contributed by atoms with E-state index in [1.165, 1.54) is 0 Å². The molecule has 0 amide bonds. The monoisotopic (exact) mass is 644 g/mol. The van der Waals surface area contributed by atoms with E-state index in [1.807, 2.05) is 128 Å². The fourth-order valence-corrected chi connectivity index (χ4v) is 10.6. The molecule has 226 valence electrons. The molecule has 3 aromatic carbocycles. The summed E-state index contributed by atoms with van der Waals surface area (Å²) in [7, 11) is -7.09. The minimum absolute atomic E-state index is 0.369. The molecule has 1 atom stereocenters. The maximum atomic E-state index is 6.78. The van der Waals surface area contributed by atoms with E-state index in [9.17, 15) is 0 Å². The van der Waals surface area contributed by atoms with Gasteiger partial charge in [-0.15, -0.1) is 0 Å². The van der Waals surface area contributed by atoms with E-state index in [2.05, 4.69) is 11.7 Å². The van der Waals surface area contributed by atoms with Crippen molar-refractivity contribution in [2.75, 3.05) is 0 Å². The van der Waals surface area contributed by atoms with Crippen molar-refractivity contribution >= 4 is 24.0 Å². The Bertz CT molecular complexity index is 1590. The van der Waals surface area contributed by atoms with E-state index in [4.69, 9.17) is 38.3 Å². The van der Waals surface area contributed by atoms with Crippen LogP contribution in [0.3, 0.4) is 0 Å². The van der Waals surface area contributed by atoms with E-state index in [0.29, 0.717) is 31.6 Å². The standard InChI is InChI=1S/C34H35N2O5P3/c1-3-43(38-31-21-11-5-12-22-31,39-32-23-13-6-14-24-32)36-44(40-33-25-15-7-16-26-33,41-34-27-17-8-18-28-34)29(2)35-42-37-30-19-9-4-10-20-30/h1,5,7-9,11-13,15-29,43H,4,6,10,14H2,2H3. The molecule has 0 aliphatic heterocycles. The van der Waals surface area contributed by atoms with Crippen molar-refractivity contribution in [3.63, 3.8) is 0 Å². The molecule has 0 heterocycles. The zero-order valence-electron chi connectivity index (χ0n) is 24.4. The first-order chi connectivity index (χ1) is 21.6. The van der Waals surface area contributed by atoms with Crippen LogP contribution >= 0.6 is 24.0 Å². The first-order valence-electron chi connectivity index (χ1n) is 14.4. The SMILES string of the molecule is C#C[PH](N=P(Oc1ccccc1)(Oc1ccccc1)C(C)/N=P/OC1=CCCC=C1)(OC1=CCCC=C1)Oc1ccccc1. The Hall–Kier alpha value is -4.06. The molecule has 0 radical (unpaired) electrons. The number of para-hydroxylation sites is 3. The Morgan fingerprint density at radius 2 is 1.25 bits per heavy atom. The first-order valence-corrected chi connectivity index (χ1v) is 18.6. The van der Waals surface area contributed by atoms with Crippen molar-refractivity contribution in [1.82, 2.24) is 0 Å². The van der Waals surface area contributed by atoms with E-state index in [-0.39, 0.29) is 0 Å². The molecule has 0 fully saturated rings. The van der Waals surface area contributed by atoms with Crippen molar-refractivity contribution in [3.05, 3.63) is 139 Å². The van der Waals surface area contributed by atoms with Gasteiger partial charge in [-0.05, 0) is 0 Å². The molecule has 5 rings (SSSR count). The Kier molecular flexibility index (Phi) is 11.1. The second-order valence-electron chi connectivity index (χ2n) is 9.81. The van der Waals surface area contributed by atoms with Crippen LogP contribution in [0.2, 0.25) is 0 Å². The Labute approximate surface area is 262 Å². The third kappa shape index (κ3) is 8.75. The molecule has 2 aliphatic rings. The zero-order chi connectivity index (χ0) is 30.5. The van der Waals surface area contributed by atoms with Crippen LogP contribution in [0.5, 0.6) is 17.2 Å². The van der Waals surface area contributed by atoms with Crippen molar-refractivity contribution < 1.29 is 22.6 Å². The summed E-state index contributed by atoms with van der Waals surface area (Å²) in [5.41, 5.74) is 2.83. The summed E-state index contributed by atoms with van der Waals surface area (Å²) in [6, 6.07) is 28.1. The van der Waals surface area contributed by atoms with Crippen LogP contribution in [0.1, 0.15) is 32.6 Å². The number of terminal acetylenes is 1. The summed E-state index contributed by atoms with van der Waals surface area (Å²) in [6.07, 6.45) is 22.0. The average molecular weight is 645 g/mol. The van der Waals surface area contributed by atoms with E-state index < -0.39 is 21.2 Å². The van der Waals surface area contributed by atoms with Gasteiger partial charge in [0.25, 0.3) is 0 Å². The number of hydrogen-bond donors (Lipinski definition) is 0. The molecule has 0 N–H and O–H groups in total. The molecular formula is C34H35N2O5P3. The van der Waals surface area contributed by atoms with Crippen LogP contribution < -0.4 is 13.6 Å². The molecule has 0 aromatic heterocycles. The molecule has 3 aromatic rings. The van der Waals surface area contributed by atoms with Gasteiger partial charge in [-0.25, -0.2) is 0 Å².